The molecule has 0 heterocycles. The fourth-order valence-corrected chi connectivity index (χ4v) is 2.15. The molecular formula is C19H23NO5. The van der Waals surface area contributed by atoms with Gasteiger partial charge in [0.25, 0.3) is 0 Å². The van der Waals surface area contributed by atoms with Crippen LogP contribution in [0.1, 0.15) is 13.8 Å². The summed E-state index contributed by atoms with van der Waals surface area (Å²) >= 11 is 0. The topological polar surface area (TPSA) is 77.0 Å². The molecule has 0 bridgehead atoms. The van der Waals surface area contributed by atoms with E-state index in [1.54, 1.807) is 31.2 Å². The SMILES string of the molecule is CCOCCOC(C)OC(=O)Nc1ccc(-c2ccc(O)cc2)cc1. The molecule has 134 valence electrons. The number of phenolic OH excluding ortho intramolecular Hbond substituents is 1. The highest BCUT2D eigenvalue weighted by Crippen LogP contribution is 2.23. The number of hydrogen-bond acceptors (Lipinski definition) is 5. The molecule has 2 aromatic rings. The summed E-state index contributed by atoms with van der Waals surface area (Å²) in [5.74, 6) is 0.224. The van der Waals surface area contributed by atoms with Gasteiger partial charge >= 0.3 is 6.09 Å². The van der Waals surface area contributed by atoms with E-state index in [1.165, 1.54) is 0 Å². The van der Waals surface area contributed by atoms with Crippen molar-refractivity contribution in [2.45, 2.75) is 20.1 Å². The maximum Gasteiger partial charge on any atom is 0.413 e. The van der Waals surface area contributed by atoms with E-state index >= 15 is 0 Å². The zero-order valence-electron chi connectivity index (χ0n) is 14.4. The second-order valence-corrected chi connectivity index (χ2v) is 5.29. The zero-order valence-corrected chi connectivity index (χ0v) is 14.4. The van der Waals surface area contributed by atoms with Crippen LogP contribution in [0.2, 0.25) is 0 Å². The highest BCUT2D eigenvalue weighted by molar-refractivity contribution is 5.85. The molecule has 25 heavy (non-hydrogen) atoms. The van der Waals surface area contributed by atoms with Crippen molar-refractivity contribution >= 4 is 11.8 Å². The number of amides is 1. The van der Waals surface area contributed by atoms with Crippen molar-refractivity contribution in [2.24, 2.45) is 0 Å². The molecule has 2 aromatic carbocycles. The van der Waals surface area contributed by atoms with Gasteiger partial charge in [-0.05, 0) is 49.2 Å². The van der Waals surface area contributed by atoms with Crippen LogP contribution in [0.4, 0.5) is 10.5 Å². The molecule has 2 N–H and O–H groups in total. The second kappa shape index (κ2) is 9.66. The van der Waals surface area contributed by atoms with Crippen molar-refractivity contribution in [3.05, 3.63) is 48.5 Å². The summed E-state index contributed by atoms with van der Waals surface area (Å²) in [5.41, 5.74) is 2.57. The highest BCUT2D eigenvalue weighted by Gasteiger charge is 2.10. The number of anilines is 1. The van der Waals surface area contributed by atoms with Gasteiger partial charge in [0.15, 0.2) is 0 Å². The smallest absolute Gasteiger partial charge is 0.413 e. The predicted octanol–water partition coefficient (Wildman–Crippen LogP) is 4.01. The third-order valence-electron chi connectivity index (χ3n) is 3.39. The molecule has 6 heteroatoms. The number of carbonyl (C=O) groups is 1. The minimum Gasteiger partial charge on any atom is -0.508 e. The van der Waals surface area contributed by atoms with Crippen molar-refractivity contribution in [1.82, 2.24) is 0 Å². The Hall–Kier alpha value is -2.57. The third-order valence-corrected chi connectivity index (χ3v) is 3.39. The van der Waals surface area contributed by atoms with Crippen molar-refractivity contribution in [3.8, 4) is 16.9 Å². The molecule has 0 aliphatic carbocycles. The molecule has 1 unspecified atom stereocenters. The maximum atomic E-state index is 11.8. The van der Waals surface area contributed by atoms with E-state index in [9.17, 15) is 9.90 Å². The minimum absolute atomic E-state index is 0.224. The molecular weight excluding hydrogens is 322 g/mol. The average molecular weight is 345 g/mol. The summed E-state index contributed by atoms with van der Waals surface area (Å²) in [4.78, 5) is 11.8. The summed E-state index contributed by atoms with van der Waals surface area (Å²) in [5, 5.41) is 12.0. The Morgan fingerprint density at radius 3 is 2.24 bits per heavy atom. The number of rotatable bonds is 8. The zero-order chi connectivity index (χ0) is 18.1. The third kappa shape index (κ3) is 6.45. The Morgan fingerprint density at radius 2 is 1.64 bits per heavy atom. The normalized spacial score (nSPS) is 11.8. The molecule has 0 aliphatic heterocycles. The Morgan fingerprint density at radius 1 is 1.04 bits per heavy atom. The van der Waals surface area contributed by atoms with E-state index in [4.69, 9.17) is 14.2 Å². The lowest BCUT2D eigenvalue weighted by atomic mass is 10.1. The first-order chi connectivity index (χ1) is 12.1. The quantitative estimate of drug-likeness (QED) is 0.558. The molecule has 1 amide bonds. The molecule has 0 spiro atoms. The summed E-state index contributed by atoms with van der Waals surface area (Å²) < 4.78 is 15.6. The minimum atomic E-state index is -0.656. The van der Waals surface area contributed by atoms with E-state index in [2.05, 4.69) is 5.32 Å². The van der Waals surface area contributed by atoms with Gasteiger partial charge in [-0.2, -0.15) is 0 Å². The number of aromatic hydroxyl groups is 1. The summed E-state index contributed by atoms with van der Waals surface area (Å²) in [6.07, 6.45) is -1.24. The standard InChI is InChI=1S/C19H23NO5/c1-3-23-12-13-24-14(2)25-19(22)20-17-8-4-15(5-9-17)16-6-10-18(21)11-7-16/h4-11,14,21H,3,12-13H2,1-2H3,(H,20,22). The Balaban J connectivity index is 1.82. The molecule has 2 rings (SSSR count). The van der Waals surface area contributed by atoms with Gasteiger partial charge in [0.2, 0.25) is 6.29 Å². The van der Waals surface area contributed by atoms with Crippen LogP contribution in [0.25, 0.3) is 11.1 Å². The van der Waals surface area contributed by atoms with Crippen LogP contribution in [0.5, 0.6) is 5.75 Å². The van der Waals surface area contributed by atoms with Gasteiger partial charge in [0, 0.05) is 12.3 Å². The fraction of sp³-hybridized carbons (Fsp3) is 0.316. The van der Waals surface area contributed by atoms with Crippen LogP contribution in [0.15, 0.2) is 48.5 Å². The van der Waals surface area contributed by atoms with Crippen molar-refractivity contribution in [2.75, 3.05) is 25.1 Å². The summed E-state index contributed by atoms with van der Waals surface area (Å²) in [7, 11) is 0. The van der Waals surface area contributed by atoms with Crippen LogP contribution in [0.3, 0.4) is 0 Å². The van der Waals surface area contributed by atoms with Crippen LogP contribution < -0.4 is 5.32 Å². The molecule has 6 nitrogen and oxygen atoms in total. The van der Waals surface area contributed by atoms with E-state index in [0.717, 1.165) is 11.1 Å². The van der Waals surface area contributed by atoms with E-state index in [-0.39, 0.29) is 5.75 Å². The molecule has 0 aliphatic rings. The number of carbonyl (C=O) groups excluding carboxylic acids is 1. The number of hydrogen-bond donors (Lipinski definition) is 2. The molecule has 1 atom stereocenters. The number of ether oxygens (including phenoxy) is 3. The lowest BCUT2D eigenvalue weighted by molar-refractivity contribution is -0.100. The summed E-state index contributed by atoms with van der Waals surface area (Å²) in [6.45, 7) is 5.01. The molecule has 0 fully saturated rings. The maximum absolute atomic E-state index is 11.8. The Bertz CT molecular complexity index is 655. The van der Waals surface area contributed by atoms with Crippen LogP contribution in [-0.2, 0) is 14.2 Å². The highest BCUT2D eigenvalue weighted by atomic mass is 16.7. The van der Waals surface area contributed by atoms with Gasteiger partial charge in [0.05, 0.1) is 13.2 Å². The number of nitrogens with one attached hydrogen (secondary N) is 1. The van der Waals surface area contributed by atoms with Gasteiger partial charge in [-0.15, -0.1) is 0 Å². The van der Waals surface area contributed by atoms with Gasteiger partial charge in [0.1, 0.15) is 5.75 Å². The fourth-order valence-electron chi connectivity index (χ4n) is 2.15. The van der Waals surface area contributed by atoms with E-state index in [0.29, 0.717) is 25.5 Å². The van der Waals surface area contributed by atoms with Gasteiger partial charge in [-0.3, -0.25) is 5.32 Å². The van der Waals surface area contributed by atoms with Crippen LogP contribution in [0, 0.1) is 0 Å². The Kier molecular flexibility index (Phi) is 7.25. The molecule has 0 radical (unpaired) electrons. The first kappa shape index (κ1) is 18.8. The second-order valence-electron chi connectivity index (χ2n) is 5.29. The molecule has 0 aromatic heterocycles. The molecule has 0 saturated heterocycles. The Labute approximate surface area is 147 Å². The largest absolute Gasteiger partial charge is 0.508 e. The van der Waals surface area contributed by atoms with Crippen molar-refractivity contribution in [1.29, 1.82) is 0 Å². The van der Waals surface area contributed by atoms with E-state index < -0.39 is 12.4 Å². The van der Waals surface area contributed by atoms with Crippen molar-refractivity contribution < 1.29 is 24.1 Å². The van der Waals surface area contributed by atoms with E-state index in [1.807, 2.05) is 31.2 Å². The monoisotopic (exact) mass is 345 g/mol. The van der Waals surface area contributed by atoms with Gasteiger partial charge in [-0.25, -0.2) is 4.79 Å². The first-order valence-electron chi connectivity index (χ1n) is 8.15. The lowest BCUT2D eigenvalue weighted by Gasteiger charge is -2.14. The number of benzene rings is 2. The predicted molar refractivity (Wildman–Crippen MR) is 95.6 cm³/mol. The average Bonchev–Trinajstić information content (AvgIpc) is 2.60. The van der Waals surface area contributed by atoms with Gasteiger partial charge < -0.3 is 19.3 Å². The van der Waals surface area contributed by atoms with Crippen LogP contribution >= 0.6 is 0 Å². The number of phenols is 1. The van der Waals surface area contributed by atoms with Crippen molar-refractivity contribution in [3.63, 3.8) is 0 Å². The first-order valence-corrected chi connectivity index (χ1v) is 8.15. The lowest BCUT2D eigenvalue weighted by Crippen LogP contribution is -2.23. The summed E-state index contributed by atoms with van der Waals surface area (Å²) in [6, 6.07) is 14.2. The molecule has 0 saturated carbocycles. The van der Waals surface area contributed by atoms with Crippen LogP contribution in [-0.4, -0.2) is 37.3 Å². The van der Waals surface area contributed by atoms with Gasteiger partial charge in [-0.1, -0.05) is 24.3 Å².